The minimum atomic E-state index is -4.92. The lowest BCUT2D eigenvalue weighted by Gasteiger charge is -2.29. The molecule has 2 aromatic rings. The summed E-state index contributed by atoms with van der Waals surface area (Å²) in [6.45, 7) is 1.58. The van der Waals surface area contributed by atoms with E-state index in [1.807, 2.05) is 19.1 Å². The van der Waals surface area contributed by atoms with Gasteiger partial charge in [0.2, 0.25) is 11.5 Å². The Labute approximate surface area is 146 Å². The molecule has 5 nitrogen and oxygen atoms in total. The zero-order valence-electron chi connectivity index (χ0n) is 13.7. The van der Waals surface area contributed by atoms with Gasteiger partial charge in [0.15, 0.2) is 0 Å². The predicted molar refractivity (Wildman–Crippen MR) is 88.9 cm³/mol. The molecule has 9 heteroatoms. The molecule has 1 atom stereocenters. The number of halogens is 3. The summed E-state index contributed by atoms with van der Waals surface area (Å²) in [5, 5.41) is 12.5. The molecule has 0 fully saturated rings. The number of carbonyl (C=O) groups is 1. The van der Waals surface area contributed by atoms with Crippen LogP contribution in [0.4, 0.5) is 13.2 Å². The van der Waals surface area contributed by atoms with Crippen molar-refractivity contribution in [3.63, 3.8) is 0 Å². The molecule has 0 radical (unpaired) electrons. The lowest BCUT2D eigenvalue weighted by atomic mass is 9.97. The SMILES string of the molecule is Cc1ccc(/C=C/C(=O)NCCC(O)(c2nccn2C)C(F)(F)F)s1. The van der Waals surface area contributed by atoms with Crippen LogP contribution < -0.4 is 5.32 Å². The standard InChI is InChI=1S/C16H18F3N3O2S/c1-11-3-4-12(25-11)5-6-13(23)20-8-7-15(24,16(17,18)19)14-21-9-10-22(14)2/h3-6,9-10,24H,7-8H2,1-2H3,(H,20,23)/b6-5+. The first-order valence-electron chi connectivity index (χ1n) is 7.43. The van der Waals surface area contributed by atoms with Crippen molar-refractivity contribution >= 4 is 23.3 Å². The summed E-state index contributed by atoms with van der Waals surface area (Å²) in [6.07, 6.45) is -0.326. The molecule has 2 N–H and O–H groups in total. The number of amides is 1. The number of carbonyl (C=O) groups excluding carboxylic acids is 1. The minimum absolute atomic E-state index is 0.352. The number of hydrogen-bond acceptors (Lipinski definition) is 4. The molecular weight excluding hydrogens is 355 g/mol. The molecule has 25 heavy (non-hydrogen) atoms. The highest BCUT2D eigenvalue weighted by Crippen LogP contribution is 2.40. The maximum atomic E-state index is 13.3. The van der Waals surface area contributed by atoms with Gasteiger partial charge in [-0.15, -0.1) is 11.3 Å². The van der Waals surface area contributed by atoms with Gasteiger partial charge < -0.3 is 15.0 Å². The van der Waals surface area contributed by atoms with Crippen LogP contribution in [0.1, 0.15) is 22.0 Å². The highest BCUT2D eigenvalue weighted by atomic mass is 32.1. The van der Waals surface area contributed by atoms with Crippen LogP contribution in [-0.4, -0.2) is 33.3 Å². The number of thiophene rings is 1. The lowest BCUT2D eigenvalue weighted by Crippen LogP contribution is -2.46. The third-order valence-electron chi connectivity index (χ3n) is 3.61. The van der Waals surface area contributed by atoms with E-state index in [9.17, 15) is 23.1 Å². The minimum Gasteiger partial charge on any atom is -0.374 e. The molecule has 2 rings (SSSR count). The van der Waals surface area contributed by atoms with Crippen molar-refractivity contribution in [2.45, 2.75) is 25.1 Å². The molecule has 0 saturated heterocycles. The Hall–Kier alpha value is -2.13. The van der Waals surface area contributed by atoms with Gasteiger partial charge in [0.25, 0.3) is 0 Å². The van der Waals surface area contributed by atoms with Crippen LogP contribution >= 0.6 is 11.3 Å². The fourth-order valence-corrected chi connectivity index (χ4v) is 3.05. The van der Waals surface area contributed by atoms with Crippen LogP contribution in [0.2, 0.25) is 0 Å². The van der Waals surface area contributed by atoms with Crippen LogP contribution in [0.5, 0.6) is 0 Å². The molecule has 136 valence electrons. The molecular formula is C16H18F3N3O2S. The number of aliphatic hydroxyl groups is 1. The van der Waals surface area contributed by atoms with Gasteiger partial charge >= 0.3 is 6.18 Å². The van der Waals surface area contributed by atoms with Crippen LogP contribution in [-0.2, 0) is 17.4 Å². The Bertz CT molecular complexity index is 767. The number of hydrogen-bond donors (Lipinski definition) is 2. The van der Waals surface area contributed by atoms with E-state index in [0.717, 1.165) is 14.3 Å². The zero-order chi connectivity index (χ0) is 18.7. The van der Waals surface area contributed by atoms with Crippen LogP contribution in [0.3, 0.4) is 0 Å². The van der Waals surface area contributed by atoms with Gasteiger partial charge in [-0.1, -0.05) is 0 Å². The first-order valence-corrected chi connectivity index (χ1v) is 8.24. The largest absolute Gasteiger partial charge is 0.424 e. The molecule has 0 bridgehead atoms. The number of nitrogens with zero attached hydrogens (tertiary/aromatic N) is 2. The number of aryl methyl sites for hydroxylation is 2. The first kappa shape index (κ1) is 19.2. The number of imidazole rings is 1. The Morgan fingerprint density at radius 1 is 1.44 bits per heavy atom. The maximum Gasteiger partial charge on any atom is 0.424 e. The quantitative estimate of drug-likeness (QED) is 0.765. The second-order valence-corrected chi connectivity index (χ2v) is 6.86. The van der Waals surface area contributed by atoms with Crippen molar-refractivity contribution in [3.05, 3.63) is 46.2 Å². The second-order valence-electron chi connectivity index (χ2n) is 5.54. The Morgan fingerprint density at radius 2 is 2.16 bits per heavy atom. The molecule has 0 aliphatic rings. The Morgan fingerprint density at radius 3 is 2.68 bits per heavy atom. The fraction of sp³-hybridized carbons (Fsp3) is 0.375. The smallest absolute Gasteiger partial charge is 0.374 e. The molecule has 1 unspecified atom stereocenters. The molecule has 0 spiro atoms. The summed E-state index contributed by atoms with van der Waals surface area (Å²) >= 11 is 1.49. The molecule has 1 amide bonds. The highest BCUT2D eigenvalue weighted by Gasteiger charge is 2.57. The van der Waals surface area contributed by atoms with Crippen molar-refractivity contribution in [3.8, 4) is 0 Å². The highest BCUT2D eigenvalue weighted by molar-refractivity contribution is 7.12. The Kier molecular flexibility index (Phi) is 5.69. The van der Waals surface area contributed by atoms with Crippen molar-refractivity contribution in [1.29, 1.82) is 0 Å². The van der Waals surface area contributed by atoms with Crippen LogP contribution in [0.25, 0.3) is 6.08 Å². The van der Waals surface area contributed by atoms with Gasteiger partial charge in [0.1, 0.15) is 5.82 Å². The number of rotatable bonds is 6. The molecule has 2 heterocycles. The number of nitrogens with one attached hydrogen (secondary N) is 1. The monoisotopic (exact) mass is 373 g/mol. The van der Waals surface area contributed by atoms with Gasteiger partial charge in [-0.2, -0.15) is 13.2 Å². The second kappa shape index (κ2) is 7.40. The van der Waals surface area contributed by atoms with Crippen molar-refractivity contribution in [2.24, 2.45) is 7.05 Å². The first-order chi connectivity index (χ1) is 11.6. The van der Waals surface area contributed by atoms with Gasteiger partial charge in [-0.3, -0.25) is 4.79 Å². The van der Waals surface area contributed by atoms with E-state index in [0.29, 0.717) is 0 Å². The van der Waals surface area contributed by atoms with Gasteiger partial charge in [-0.25, -0.2) is 4.98 Å². The summed E-state index contributed by atoms with van der Waals surface area (Å²) in [4.78, 5) is 17.3. The average Bonchev–Trinajstić information content (AvgIpc) is 3.12. The summed E-state index contributed by atoms with van der Waals surface area (Å²) in [6, 6.07) is 3.74. The average molecular weight is 373 g/mol. The van der Waals surface area contributed by atoms with E-state index in [1.165, 1.54) is 36.9 Å². The van der Waals surface area contributed by atoms with E-state index in [2.05, 4.69) is 10.3 Å². The molecule has 0 aliphatic carbocycles. The molecule has 0 saturated carbocycles. The summed E-state index contributed by atoms with van der Waals surface area (Å²) in [7, 11) is 1.36. The summed E-state index contributed by atoms with van der Waals surface area (Å²) in [5.74, 6) is -1.05. The topological polar surface area (TPSA) is 67.2 Å². The maximum absolute atomic E-state index is 13.3. The van der Waals surface area contributed by atoms with E-state index in [4.69, 9.17) is 0 Å². The lowest BCUT2D eigenvalue weighted by molar-refractivity contribution is -0.272. The third-order valence-corrected chi connectivity index (χ3v) is 4.57. The van der Waals surface area contributed by atoms with Gasteiger partial charge in [0, 0.05) is 48.2 Å². The van der Waals surface area contributed by atoms with Crippen molar-refractivity contribution in [1.82, 2.24) is 14.9 Å². The van der Waals surface area contributed by atoms with Crippen molar-refractivity contribution < 1.29 is 23.1 Å². The van der Waals surface area contributed by atoms with E-state index in [1.54, 1.807) is 6.08 Å². The summed E-state index contributed by atoms with van der Waals surface area (Å²) < 4.78 is 41.1. The third kappa shape index (κ3) is 4.49. The Balaban J connectivity index is 1.99. The summed E-state index contributed by atoms with van der Waals surface area (Å²) in [5.41, 5.74) is -3.13. The normalized spacial score (nSPS) is 14.6. The van der Waals surface area contributed by atoms with E-state index < -0.39 is 29.9 Å². The number of alkyl halides is 3. The number of aromatic nitrogens is 2. The predicted octanol–water partition coefficient (Wildman–Crippen LogP) is 2.76. The fourth-order valence-electron chi connectivity index (χ4n) is 2.27. The molecule has 0 aromatic carbocycles. The zero-order valence-corrected chi connectivity index (χ0v) is 14.5. The molecule has 0 aliphatic heterocycles. The van der Waals surface area contributed by atoms with Gasteiger partial charge in [-0.05, 0) is 25.1 Å². The van der Waals surface area contributed by atoms with E-state index in [-0.39, 0.29) is 6.54 Å². The van der Waals surface area contributed by atoms with Crippen molar-refractivity contribution in [2.75, 3.05) is 6.54 Å². The van der Waals surface area contributed by atoms with Crippen LogP contribution in [0, 0.1) is 6.92 Å². The van der Waals surface area contributed by atoms with Gasteiger partial charge in [0.05, 0.1) is 0 Å². The van der Waals surface area contributed by atoms with E-state index >= 15 is 0 Å². The van der Waals surface area contributed by atoms with Crippen LogP contribution in [0.15, 0.2) is 30.6 Å². The molecule has 2 aromatic heterocycles.